The van der Waals surface area contributed by atoms with Gasteiger partial charge in [0.1, 0.15) is 6.04 Å². The molecule has 1 aliphatic rings. The van der Waals surface area contributed by atoms with Crippen LogP contribution in [0.1, 0.15) is 52.4 Å². The van der Waals surface area contributed by atoms with Crippen LogP contribution in [0.2, 0.25) is 0 Å². The average Bonchev–Trinajstić information content (AvgIpc) is 2.62. The zero-order valence-electron chi connectivity index (χ0n) is 15.7. The van der Waals surface area contributed by atoms with Gasteiger partial charge in [0.05, 0.1) is 12.6 Å². The molecule has 9 heteroatoms. The van der Waals surface area contributed by atoms with Crippen LogP contribution in [0.4, 0.5) is 0 Å². The Morgan fingerprint density at radius 2 is 1.85 bits per heavy atom. The maximum atomic E-state index is 12.3. The second kappa shape index (κ2) is 11.6. The first-order valence-electron chi connectivity index (χ1n) is 9.36. The molecule has 2 amide bonds. The molecule has 0 saturated heterocycles. The van der Waals surface area contributed by atoms with Crippen molar-refractivity contribution in [1.29, 1.82) is 0 Å². The fourth-order valence-corrected chi connectivity index (χ4v) is 4.52. The van der Waals surface area contributed by atoms with Crippen molar-refractivity contribution in [2.75, 3.05) is 13.1 Å². The minimum Gasteiger partial charge on any atom is -0.391 e. The van der Waals surface area contributed by atoms with E-state index >= 15 is 0 Å². The number of amides is 2. The van der Waals surface area contributed by atoms with E-state index < -0.39 is 37.6 Å². The molecule has 1 saturated carbocycles. The summed E-state index contributed by atoms with van der Waals surface area (Å²) in [5, 5.41) is 15.4. The molecule has 0 aromatic heterocycles. The Morgan fingerprint density at radius 3 is 2.35 bits per heavy atom. The van der Waals surface area contributed by atoms with E-state index in [-0.39, 0.29) is 31.3 Å². The summed E-state index contributed by atoms with van der Waals surface area (Å²) in [7, 11) is -2.38. The summed E-state index contributed by atoms with van der Waals surface area (Å²) < 4.78 is 11.7. The van der Waals surface area contributed by atoms with Gasteiger partial charge in [-0.15, -0.1) is 0 Å². The summed E-state index contributed by atoms with van der Waals surface area (Å²) in [6.45, 7) is 3.37. The molecular weight excluding hydrogens is 357 g/mol. The van der Waals surface area contributed by atoms with Gasteiger partial charge in [-0.2, -0.15) is 4.89 Å². The number of carbonyl (C=O) groups is 2. The second-order valence-corrected chi connectivity index (χ2v) is 8.66. The van der Waals surface area contributed by atoms with Crippen LogP contribution in [0.25, 0.3) is 0 Å². The van der Waals surface area contributed by atoms with Crippen molar-refractivity contribution < 1.29 is 24.2 Å². The van der Waals surface area contributed by atoms with Crippen molar-refractivity contribution in [3.8, 4) is 0 Å². The summed E-state index contributed by atoms with van der Waals surface area (Å²) in [5.74, 6) is -0.808. The van der Waals surface area contributed by atoms with Crippen molar-refractivity contribution in [3.63, 3.8) is 0 Å². The molecule has 0 bridgehead atoms. The zero-order valence-corrected chi connectivity index (χ0v) is 16.6. The highest BCUT2D eigenvalue weighted by atomic mass is 31.1. The van der Waals surface area contributed by atoms with E-state index in [0.29, 0.717) is 0 Å². The lowest BCUT2D eigenvalue weighted by molar-refractivity contribution is -0.129. The largest absolute Gasteiger partial charge is 0.509 e. The molecule has 1 rings (SSSR count). The Morgan fingerprint density at radius 1 is 1.23 bits per heavy atom. The summed E-state index contributed by atoms with van der Waals surface area (Å²) in [5.41, 5.74) is 4.81. The van der Waals surface area contributed by atoms with Crippen molar-refractivity contribution in [3.05, 3.63) is 0 Å². The predicted molar refractivity (Wildman–Crippen MR) is 99.6 cm³/mol. The molecule has 0 aliphatic heterocycles. The van der Waals surface area contributed by atoms with Gasteiger partial charge in [-0.25, -0.2) is 0 Å². The second-order valence-electron chi connectivity index (χ2n) is 7.40. The quantitative estimate of drug-likeness (QED) is 0.347. The highest BCUT2D eigenvalue weighted by Crippen LogP contribution is 2.40. The molecule has 6 N–H and O–H groups in total. The van der Waals surface area contributed by atoms with Gasteiger partial charge in [-0.3, -0.25) is 9.59 Å². The smallest absolute Gasteiger partial charge is 0.391 e. The van der Waals surface area contributed by atoms with Gasteiger partial charge in [-0.1, -0.05) is 33.1 Å². The van der Waals surface area contributed by atoms with Crippen molar-refractivity contribution in [2.24, 2.45) is 17.6 Å². The number of aliphatic hydroxyl groups is 1. The van der Waals surface area contributed by atoms with Gasteiger partial charge in [0.2, 0.25) is 11.8 Å². The third-order valence-electron chi connectivity index (χ3n) is 4.95. The van der Waals surface area contributed by atoms with E-state index in [1.54, 1.807) is 13.8 Å². The predicted octanol–water partition coefficient (Wildman–Crippen LogP) is 0.637. The van der Waals surface area contributed by atoms with E-state index in [2.05, 4.69) is 10.6 Å². The average molecular weight is 390 g/mol. The van der Waals surface area contributed by atoms with Crippen LogP contribution in [-0.4, -0.2) is 52.7 Å². The van der Waals surface area contributed by atoms with Crippen LogP contribution >= 0.6 is 8.03 Å². The molecule has 4 atom stereocenters. The minimum absolute atomic E-state index is 0.0209. The maximum Gasteiger partial charge on any atom is 0.509 e. The number of carbonyl (C=O) groups excluding carboxylic acids is 2. The minimum atomic E-state index is -2.38. The summed E-state index contributed by atoms with van der Waals surface area (Å²) in [4.78, 5) is 33.3. The molecule has 1 aliphatic carbocycles. The molecule has 150 valence electrons. The Hall–Kier alpha value is -1.08. The first-order chi connectivity index (χ1) is 12.3. The van der Waals surface area contributed by atoms with E-state index in [0.717, 1.165) is 32.1 Å². The third-order valence-corrected chi connectivity index (χ3v) is 6.15. The topological polar surface area (TPSA) is 142 Å². The van der Waals surface area contributed by atoms with Gasteiger partial charge >= 0.3 is 8.03 Å². The van der Waals surface area contributed by atoms with E-state index in [4.69, 9.17) is 5.73 Å². The van der Waals surface area contributed by atoms with Crippen LogP contribution in [-0.2, 0) is 14.2 Å². The summed E-state index contributed by atoms with van der Waals surface area (Å²) in [6, 6.07) is -0.734. The van der Waals surface area contributed by atoms with E-state index in [1.807, 2.05) is 0 Å². The first kappa shape index (κ1) is 23.0. The number of rotatable bonds is 10. The summed E-state index contributed by atoms with van der Waals surface area (Å²) >= 11 is 0. The molecule has 0 radical (unpaired) electrons. The molecule has 2 unspecified atom stereocenters. The van der Waals surface area contributed by atoms with Gasteiger partial charge in [0, 0.05) is 18.9 Å². The lowest BCUT2D eigenvalue weighted by Gasteiger charge is -2.25. The number of hydrogen-bond donors (Lipinski definition) is 5. The van der Waals surface area contributed by atoms with Crippen LogP contribution in [0, 0.1) is 11.8 Å². The van der Waals surface area contributed by atoms with Crippen LogP contribution in [0.15, 0.2) is 0 Å². The van der Waals surface area contributed by atoms with Gasteiger partial charge in [0.15, 0.2) is 5.66 Å². The van der Waals surface area contributed by atoms with Gasteiger partial charge in [0.25, 0.3) is 0 Å². The van der Waals surface area contributed by atoms with Crippen LogP contribution in [0.3, 0.4) is 0 Å². The van der Waals surface area contributed by atoms with Crippen molar-refractivity contribution in [2.45, 2.75) is 70.2 Å². The standard InChI is InChI=1S/C17H32N3O5P/c1-11(2)16(20-15(22)9-18)17(23)19-10-13(21)8-14(26(24)25)12-6-4-3-5-7-12/h11-14,16,21H,3-10,18H2,1-2H3,(H2-,19,20,22,23,24,25)/p+1/t13-,14?,16+/m1/s1. The molecule has 8 nitrogen and oxygen atoms in total. The molecular formula is C17H33N3O5P+. The molecule has 0 spiro atoms. The maximum absolute atomic E-state index is 12.3. The number of aliphatic hydroxyl groups excluding tert-OH is 1. The number of hydrogen-bond acceptors (Lipinski definition) is 5. The summed E-state index contributed by atoms with van der Waals surface area (Å²) in [6.07, 6.45) is 4.34. The monoisotopic (exact) mass is 390 g/mol. The normalized spacial score (nSPS) is 19.5. The molecule has 26 heavy (non-hydrogen) atoms. The van der Waals surface area contributed by atoms with E-state index in [9.17, 15) is 24.2 Å². The van der Waals surface area contributed by atoms with Crippen molar-refractivity contribution in [1.82, 2.24) is 10.6 Å². The molecule has 0 heterocycles. The fourth-order valence-electron chi connectivity index (χ4n) is 3.44. The Kier molecular flexibility index (Phi) is 10.2. The first-order valence-corrected chi connectivity index (χ1v) is 10.6. The molecule has 0 aromatic carbocycles. The molecule has 1 fully saturated rings. The van der Waals surface area contributed by atoms with Gasteiger partial charge < -0.3 is 21.5 Å². The fraction of sp³-hybridized carbons (Fsp3) is 0.882. The Labute approximate surface area is 156 Å². The SMILES string of the molecule is CC(C)[C@H](NC(=O)CN)C(=O)NC[C@H](O)CC(C1CCCCC1)[P+](=O)O. The van der Waals surface area contributed by atoms with Crippen molar-refractivity contribution >= 4 is 19.8 Å². The Bertz CT molecular complexity index is 483. The highest BCUT2D eigenvalue weighted by Gasteiger charge is 2.39. The third kappa shape index (κ3) is 7.66. The Balaban J connectivity index is 2.54. The van der Waals surface area contributed by atoms with Crippen LogP contribution < -0.4 is 16.4 Å². The van der Waals surface area contributed by atoms with E-state index in [1.165, 1.54) is 0 Å². The van der Waals surface area contributed by atoms with Crippen LogP contribution in [0.5, 0.6) is 0 Å². The lowest BCUT2D eigenvalue weighted by Crippen LogP contribution is -2.52. The highest BCUT2D eigenvalue weighted by molar-refractivity contribution is 7.38. The zero-order chi connectivity index (χ0) is 19.7. The lowest BCUT2D eigenvalue weighted by atomic mass is 9.85. The number of nitrogens with one attached hydrogen (secondary N) is 2. The molecule has 0 aromatic rings. The van der Waals surface area contributed by atoms with Gasteiger partial charge in [-0.05, 0) is 23.3 Å². The number of nitrogens with two attached hydrogens (primary N) is 1.